The summed E-state index contributed by atoms with van der Waals surface area (Å²) < 4.78 is 0. The Kier molecular flexibility index (Phi) is 4.07. The number of aryl methyl sites for hydroxylation is 1. The van der Waals surface area contributed by atoms with Gasteiger partial charge in [0.1, 0.15) is 0 Å². The van der Waals surface area contributed by atoms with Gasteiger partial charge in [0.05, 0.1) is 11.4 Å². The molecule has 4 heteroatoms. The van der Waals surface area contributed by atoms with E-state index in [0.29, 0.717) is 12.6 Å². The van der Waals surface area contributed by atoms with E-state index in [2.05, 4.69) is 28.9 Å². The summed E-state index contributed by atoms with van der Waals surface area (Å²) in [5.41, 5.74) is 3.22. The molecule has 4 nitrogen and oxygen atoms in total. The van der Waals surface area contributed by atoms with Crippen LogP contribution in [0.3, 0.4) is 0 Å². The fraction of sp³-hybridized carbons (Fsp3) is 0.500. The summed E-state index contributed by atoms with van der Waals surface area (Å²) >= 11 is 0. The Labute approximate surface area is 108 Å². The molecule has 98 valence electrons. The molecule has 1 aromatic rings. The first-order chi connectivity index (χ1) is 8.70. The van der Waals surface area contributed by atoms with E-state index in [-0.39, 0.29) is 6.03 Å². The number of benzene rings is 1. The maximum atomic E-state index is 11.7. The van der Waals surface area contributed by atoms with Gasteiger partial charge in [-0.2, -0.15) is 0 Å². The van der Waals surface area contributed by atoms with Crippen LogP contribution in [0.5, 0.6) is 0 Å². The van der Waals surface area contributed by atoms with Crippen molar-refractivity contribution in [3.05, 3.63) is 23.8 Å². The zero-order valence-electron chi connectivity index (χ0n) is 11.0. The van der Waals surface area contributed by atoms with Gasteiger partial charge in [-0.1, -0.05) is 19.1 Å². The van der Waals surface area contributed by atoms with Crippen LogP contribution in [0.4, 0.5) is 16.2 Å². The van der Waals surface area contributed by atoms with Crippen LogP contribution in [0.25, 0.3) is 0 Å². The lowest BCUT2D eigenvalue weighted by Crippen LogP contribution is -2.30. The minimum absolute atomic E-state index is 0.134. The Bertz CT molecular complexity index is 431. The Hall–Kier alpha value is -1.71. The normalized spacial score (nSPS) is 17.6. The van der Waals surface area contributed by atoms with E-state index in [9.17, 15) is 4.79 Å². The molecule has 0 aliphatic carbocycles. The highest BCUT2D eigenvalue weighted by Crippen LogP contribution is 2.31. The third-order valence-corrected chi connectivity index (χ3v) is 3.17. The van der Waals surface area contributed by atoms with Crippen molar-refractivity contribution in [1.29, 1.82) is 0 Å². The predicted molar refractivity (Wildman–Crippen MR) is 75.2 cm³/mol. The summed E-state index contributed by atoms with van der Waals surface area (Å²) in [6.45, 7) is 4.90. The predicted octanol–water partition coefficient (Wildman–Crippen LogP) is 2.96. The summed E-state index contributed by atoms with van der Waals surface area (Å²) in [6.07, 6.45) is 3.14. The smallest absolute Gasteiger partial charge is 0.319 e. The first-order valence-corrected chi connectivity index (χ1v) is 6.64. The molecule has 0 spiro atoms. The molecule has 0 saturated carbocycles. The average Bonchev–Trinajstić information content (AvgIpc) is 2.37. The number of fused-ring (bicyclic) bond motifs is 1. The lowest BCUT2D eigenvalue weighted by atomic mass is 9.98. The summed E-state index contributed by atoms with van der Waals surface area (Å²) in [7, 11) is 0. The van der Waals surface area contributed by atoms with Gasteiger partial charge in [0.25, 0.3) is 0 Å². The monoisotopic (exact) mass is 247 g/mol. The topological polar surface area (TPSA) is 53.2 Å². The maximum absolute atomic E-state index is 11.7. The number of carbonyl (C=O) groups excluding carboxylic acids is 1. The van der Waals surface area contributed by atoms with Gasteiger partial charge in [-0.05, 0) is 37.8 Å². The molecule has 0 fully saturated rings. The van der Waals surface area contributed by atoms with Gasteiger partial charge < -0.3 is 16.0 Å². The number of anilines is 2. The maximum Gasteiger partial charge on any atom is 0.319 e. The highest BCUT2D eigenvalue weighted by molar-refractivity contribution is 5.93. The Balaban J connectivity index is 2.11. The van der Waals surface area contributed by atoms with Crippen LogP contribution in [0.15, 0.2) is 18.2 Å². The second-order valence-corrected chi connectivity index (χ2v) is 4.80. The van der Waals surface area contributed by atoms with Gasteiger partial charge >= 0.3 is 6.03 Å². The summed E-state index contributed by atoms with van der Waals surface area (Å²) in [5.74, 6) is 0. The molecule has 2 rings (SSSR count). The molecule has 1 aromatic carbocycles. The first-order valence-electron chi connectivity index (χ1n) is 6.64. The van der Waals surface area contributed by atoms with Crippen LogP contribution in [-0.2, 0) is 6.42 Å². The van der Waals surface area contributed by atoms with Crippen LogP contribution in [0.2, 0.25) is 0 Å². The lowest BCUT2D eigenvalue weighted by Gasteiger charge is -2.26. The molecule has 2 amide bonds. The van der Waals surface area contributed by atoms with E-state index in [4.69, 9.17) is 0 Å². The molecule has 3 N–H and O–H groups in total. The molecule has 18 heavy (non-hydrogen) atoms. The van der Waals surface area contributed by atoms with E-state index in [1.807, 2.05) is 19.1 Å². The Morgan fingerprint density at radius 2 is 2.33 bits per heavy atom. The zero-order valence-corrected chi connectivity index (χ0v) is 11.0. The second-order valence-electron chi connectivity index (χ2n) is 4.80. The van der Waals surface area contributed by atoms with Crippen molar-refractivity contribution in [1.82, 2.24) is 5.32 Å². The Morgan fingerprint density at radius 3 is 3.11 bits per heavy atom. The van der Waals surface area contributed by atoms with Gasteiger partial charge in [-0.15, -0.1) is 0 Å². The van der Waals surface area contributed by atoms with Crippen LogP contribution in [-0.4, -0.2) is 18.6 Å². The second kappa shape index (κ2) is 5.76. The third-order valence-electron chi connectivity index (χ3n) is 3.17. The summed E-state index contributed by atoms with van der Waals surface area (Å²) in [5, 5.41) is 9.18. The molecular formula is C14H21N3O. The molecule has 1 atom stereocenters. The number of nitrogens with one attached hydrogen (secondary N) is 3. The molecule has 1 aliphatic heterocycles. The van der Waals surface area contributed by atoms with Gasteiger partial charge in [0, 0.05) is 12.6 Å². The van der Waals surface area contributed by atoms with Gasteiger partial charge in [-0.3, -0.25) is 0 Å². The van der Waals surface area contributed by atoms with Crippen LogP contribution in [0, 0.1) is 0 Å². The number of amides is 2. The summed E-state index contributed by atoms with van der Waals surface area (Å²) in [6, 6.07) is 6.37. The van der Waals surface area contributed by atoms with Crippen molar-refractivity contribution in [3.8, 4) is 0 Å². The number of rotatable bonds is 3. The molecule has 0 aromatic heterocycles. The summed E-state index contributed by atoms with van der Waals surface area (Å²) in [4.78, 5) is 11.7. The minimum Gasteiger partial charge on any atom is -0.381 e. The van der Waals surface area contributed by atoms with Crippen molar-refractivity contribution >= 4 is 17.4 Å². The minimum atomic E-state index is -0.134. The van der Waals surface area contributed by atoms with Gasteiger partial charge in [0.2, 0.25) is 0 Å². The van der Waals surface area contributed by atoms with Crippen LogP contribution < -0.4 is 16.0 Å². The highest BCUT2D eigenvalue weighted by Gasteiger charge is 2.17. The quantitative estimate of drug-likeness (QED) is 0.769. The molecule has 0 bridgehead atoms. The standard InChI is InChI=1S/C14H21N3O/c1-3-9-15-14(18)17-12-6-4-5-11-8-7-10(2)16-13(11)12/h4-6,10,16H,3,7-9H2,1-2H3,(H2,15,17,18). The number of hydrogen-bond acceptors (Lipinski definition) is 2. The molecule has 1 heterocycles. The van der Waals surface area contributed by atoms with Gasteiger partial charge in [0.15, 0.2) is 0 Å². The Morgan fingerprint density at radius 1 is 1.50 bits per heavy atom. The number of hydrogen-bond donors (Lipinski definition) is 3. The van der Waals surface area contributed by atoms with Crippen molar-refractivity contribution in [3.63, 3.8) is 0 Å². The first kappa shape index (κ1) is 12.7. The van der Waals surface area contributed by atoms with Crippen molar-refractivity contribution < 1.29 is 4.79 Å². The van der Waals surface area contributed by atoms with Crippen LogP contribution >= 0.6 is 0 Å². The van der Waals surface area contributed by atoms with Crippen molar-refractivity contribution in [2.75, 3.05) is 17.2 Å². The molecule has 1 unspecified atom stereocenters. The lowest BCUT2D eigenvalue weighted by molar-refractivity contribution is 0.252. The van der Waals surface area contributed by atoms with E-state index < -0.39 is 0 Å². The average molecular weight is 247 g/mol. The van der Waals surface area contributed by atoms with E-state index in [1.54, 1.807) is 0 Å². The largest absolute Gasteiger partial charge is 0.381 e. The van der Waals surface area contributed by atoms with E-state index in [1.165, 1.54) is 5.56 Å². The molecule has 0 radical (unpaired) electrons. The van der Waals surface area contributed by atoms with Gasteiger partial charge in [-0.25, -0.2) is 4.79 Å². The fourth-order valence-electron chi connectivity index (χ4n) is 2.18. The molecule has 1 aliphatic rings. The number of carbonyl (C=O) groups is 1. The zero-order chi connectivity index (χ0) is 13.0. The van der Waals surface area contributed by atoms with Crippen molar-refractivity contribution in [2.24, 2.45) is 0 Å². The SMILES string of the molecule is CCCNC(=O)Nc1cccc2c1NC(C)CC2. The molecular weight excluding hydrogens is 226 g/mol. The highest BCUT2D eigenvalue weighted by atomic mass is 16.2. The van der Waals surface area contributed by atoms with E-state index >= 15 is 0 Å². The van der Waals surface area contributed by atoms with Crippen LogP contribution in [0.1, 0.15) is 32.3 Å². The molecule has 0 saturated heterocycles. The van der Waals surface area contributed by atoms with Crippen molar-refractivity contribution in [2.45, 2.75) is 39.2 Å². The number of para-hydroxylation sites is 1. The number of urea groups is 1. The fourth-order valence-corrected chi connectivity index (χ4v) is 2.18. The third kappa shape index (κ3) is 2.94. The van der Waals surface area contributed by atoms with E-state index in [0.717, 1.165) is 30.6 Å².